The Morgan fingerprint density at radius 3 is 1.38 bits per heavy atom. The smallest absolute Gasteiger partial charge is 0.0652 e. The summed E-state index contributed by atoms with van der Waals surface area (Å²) in [5.41, 5.74) is 7.01. The molecule has 0 N–H and O–H groups in total. The minimum absolute atomic E-state index is 0.694. The summed E-state index contributed by atoms with van der Waals surface area (Å²) in [7, 11) is -1.06. The third-order valence-corrected chi connectivity index (χ3v) is 11.5. The van der Waals surface area contributed by atoms with E-state index in [0.717, 1.165) is 0 Å². The van der Waals surface area contributed by atoms with Crippen LogP contribution in [0.4, 0.5) is 0 Å². The van der Waals surface area contributed by atoms with Gasteiger partial charge < -0.3 is 0 Å². The molecule has 0 saturated carbocycles. The van der Waals surface area contributed by atoms with Gasteiger partial charge in [-0.25, -0.2) is 0 Å². The number of unbranched alkanes of at least 4 members (excludes halogenated alkanes) is 3. The van der Waals surface area contributed by atoms with Gasteiger partial charge in [-0.05, 0) is 30.4 Å². The first kappa shape index (κ1) is 19.6. The van der Waals surface area contributed by atoms with Crippen LogP contribution in [0.1, 0.15) is 76.1 Å². The van der Waals surface area contributed by atoms with Crippen molar-refractivity contribution in [2.24, 2.45) is 0 Å². The van der Waals surface area contributed by atoms with Gasteiger partial charge in [-0.1, -0.05) is 88.6 Å². The van der Waals surface area contributed by atoms with Crippen molar-refractivity contribution in [3.05, 3.63) is 59.7 Å². The third-order valence-electron chi connectivity index (χ3n) is 6.22. The van der Waals surface area contributed by atoms with E-state index < -0.39 is 7.26 Å². The largest absolute Gasteiger partial charge is 0.120 e. The number of hydrogen-bond acceptors (Lipinski definition) is 0. The summed E-state index contributed by atoms with van der Waals surface area (Å²) in [6.07, 6.45) is 12.7. The Morgan fingerprint density at radius 2 is 1.00 bits per heavy atom. The number of hydrogen-bond donors (Lipinski definition) is 0. The van der Waals surface area contributed by atoms with Crippen molar-refractivity contribution in [1.82, 2.24) is 0 Å². The molecular formula is C25H36P+. The Kier molecular flexibility index (Phi) is 6.93. The molecule has 1 aliphatic rings. The predicted octanol–water partition coefficient (Wildman–Crippen LogP) is 8.17. The summed E-state index contributed by atoms with van der Waals surface area (Å²) in [6.45, 7) is 7.10. The molecule has 26 heavy (non-hydrogen) atoms. The Labute approximate surface area is 161 Å². The first-order chi connectivity index (χ1) is 12.8. The molecule has 0 saturated heterocycles. The number of benzene rings is 2. The predicted molar refractivity (Wildman–Crippen MR) is 120 cm³/mol. The lowest BCUT2D eigenvalue weighted by atomic mass is 10.1. The van der Waals surface area contributed by atoms with Crippen molar-refractivity contribution in [3.63, 3.8) is 0 Å². The lowest BCUT2D eigenvalue weighted by Gasteiger charge is -2.34. The van der Waals surface area contributed by atoms with E-state index in [-0.39, 0.29) is 0 Å². The molecule has 1 aliphatic carbocycles. The van der Waals surface area contributed by atoms with Gasteiger partial charge in [0.25, 0.3) is 0 Å². The molecule has 0 nitrogen and oxygen atoms in total. The highest BCUT2D eigenvalue weighted by Crippen LogP contribution is 2.76. The summed E-state index contributed by atoms with van der Waals surface area (Å²) in [5, 5.41) is 0. The molecule has 0 radical (unpaired) electrons. The van der Waals surface area contributed by atoms with Crippen LogP contribution in [0.2, 0.25) is 0 Å². The fourth-order valence-electron chi connectivity index (χ4n) is 4.86. The van der Waals surface area contributed by atoms with Crippen molar-refractivity contribution in [2.75, 3.05) is 18.5 Å². The van der Waals surface area contributed by atoms with E-state index in [9.17, 15) is 0 Å². The molecule has 0 unspecified atom stereocenters. The molecule has 0 bridgehead atoms. The van der Waals surface area contributed by atoms with Gasteiger partial charge in [-0.3, -0.25) is 0 Å². The van der Waals surface area contributed by atoms with E-state index in [1.165, 1.54) is 68.1 Å². The van der Waals surface area contributed by atoms with Crippen molar-refractivity contribution in [2.45, 2.75) is 65.0 Å². The van der Waals surface area contributed by atoms with Crippen LogP contribution >= 0.6 is 7.26 Å². The van der Waals surface area contributed by atoms with Gasteiger partial charge >= 0.3 is 0 Å². The molecule has 0 aliphatic heterocycles. The maximum Gasteiger partial charge on any atom is 0.120 e. The molecule has 0 spiro atoms. The van der Waals surface area contributed by atoms with Crippen LogP contribution in [0, 0.1) is 0 Å². The quantitative estimate of drug-likeness (QED) is 0.371. The van der Waals surface area contributed by atoms with Crippen LogP contribution in [0.3, 0.4) is 0 Å². The van der Waals surface area contributed by atoms with Gasteiger partial charge in [0.2, 0.25) is 0 Å². The zero-order valence-corrected chi connectivity index (χ0v) is 17.9. The Hall–Kier alpha value is -1.13. The summed E-state index contributed by atoms with van der Waals surface area (Å²) in [6, 6.07) is 18.6. The van der Waals surface area contributed by atoms with Crippen molar-refractivity contribution in [3.8, 4) is 11.1 Å². The lowest BCUT2D eigenvalue weighted by Crippen LogP contribution is -2.16. The van der Waals surface area contributed by atoms with Crippen LogP contribution in [0.5, 0.6) is 0 Å². The van der Waals surface area contributed by atoms with Crippen molar-refractivity contribution >= 4 is 7.26 Å². The number of rotatable bonds is 10. The molecular weight excluding hydrogens is 331 g/mol. The van der Waals surface area contributed by atoms with Crippen molar-refractivity contribution < 1.29 is 0 Å². The minimum atomic E-state index is -1.06. The fourth-order valence-corrected chi connectivity index (χ4v) is 10.8. The maximum atomic E-state index is 2.44. The lowest BCUT2D eigenvalue weighted by molar-refractivity contribution is 0.824. The molecule has 1 heteroatoms. The molecule has 3 rings (SSSR count). The standard InChI is InChI=1S/C25H36P/c1-4-7-18-26(19-8-5-2,20-9-6-3)25-23-16-12-10-14-21(23)22-15-11-13-17-24(22)25/h10-17,25H,4-9,18-20H2,1-3H3/q+1. The highest BCUT2D eigenvalue weighted by molar-refractivity contribution is 7.76. The molecule has 0 heterocycles. The summed E-state index contributed by atoms with van der Waals surface area (Å²) in [5.74, 6) is 0. The fraction of sp³-hybridized carbons (Fsp3) is 0.520. The molecule has 2 aromatic rings. The van der Waals surface area contributed by atoms with Gasteiger partial charge in [0.15, 0.2) is 0 Å². The molecule has 0 amide bonds. The number of fused-ring (bicyclic) bond motifs is 3. The Balaban J connectivity index is 2.12. The second kappa shape index (κ2) is 9.18. The monoisotopic (exact) mass is 367 g/mol. The second-order valence-electron chi connectivity index (χ2n) is 8.03. The zero-order valence-electron chi connectivity index (χ0n) is 17.0. The van der Waals surface area contributed by atoms with Gasteiger partial charge in [0.05, 0.1) is 18.5 Å². The van der Waals surface area contributed by atoms with Crippen LogP contribution in [0.15, 0.2) is 48.5 Å². The van der Waals surface area contributed by atoms with Crippen LogP contribution in [0.25, 0.3) is 11.1 Å². The van der Waals surface area contributed by atoms with Crippen LogP contribution in [-0.2, 0) is 0 Å². The zero-order chi connectivity index (χ0) is 18.4. The maximum absolute atomic E-state index is 2.44. The molecule has 0 fully saturated rings. The summed E-state index contributed by atoms with van der Waals surface area (Å²) < 4.78 is 0. The normalized spacial score (nSPS) is 13.7. The molecule has 140 valence electrons. The molecule has 0 atom stereocenters. The van der Waals surface area contributed by atoms with Crippen LogP contribution in [-0.4, -0.2) is 18.5 Å². The van der Waals surface area contributed by atoms with Gasteiger partial charge in [-0.15, -0.1) is 0 Å². The summed E-state index contributed by atoms with van der Waals surface area (Å²) >= 11 is 0. The van der Waals surface area contributed by atoms with Crippen molar-refractivity contribution in [1.29, 1.82) is 0 Å². The second-order valence-corrected chi connectivity index (χ2v) is 12.3. The molecule has 0 aromatic heterocycles. The molecule has 2 aromatic carbocycles. The van der Waals surface area contributed by atoms with E-state index >= 15 is 0 Å². The van der Waals surface area contributed by atoms with E-state index in [4.69, 9.17) is 0 Å². The minimum Gasteiger partial charge on any atom is -0.0652 e. The van der Waals surface area contributed by atoms with Gasteiger partial charge in [-0.2, -0.15) is 0 Å². The van der Waals surface area contributed by atoms with E-state index in [1.54, 1.807) is 11.1 Å². The average molecular weight is 368 g/mol. The SMILES string of the molecule is CCCC[P+](CCCC)(CCCC)C1c2ccccc2-c2ccccc21. The van der Waals surface area contributed by atoms with Crippen LogP contribution < -0.4 is 0 Å². The van der Waals surface area contributed by atoms with E-state index in [1.807, 2.05) is 0 Å². The van der Waals surface area contributed by atoms with E-state index in [0.29, 0.717) is 5.66 Å². The van der Waals surface area contributed by atoms with Gasteiger partial charge in [0.1, 0.15) is 5.66 Å². The summed E-state index contributed by atoms with van der Waals surface area (Å²) in [4.78, 5) is 0. The topological polar surface area (TPSA) is 0 Å². The van der Waals surface area contributed by atoms with E-state index in [2.05, 4.69) is 69.3 Å². The first-order valence-corrected chi connectivity index (χ1v) is 13.2. The average Bonchev–Trinajstić information content (AvgIpc) is 3.03. The first-order valence-electron chi connectivity index (χ1n) is 10.8. The highest BCUT2D eigenvalue weighted by Gasteiger charge is 2.49. The highest BCUT2D eigenvalue weighted by atomic mass is 31.2. The Morgan fingerprint density at radius 1 is 0.615 bits per heavy atom. The van der Waals surface area contributed by atoms with Gasteiger partial charge in [0, 0.05) is 18.4 Å². The Bertz CT molecular complexity index is 636. The third kappa shape index (κ3) is 3.77.